The second kappa shape index (κ2) is 6.39. The lowest BCUT2D eigenvalue weighted by Crippen LogP contribution is -1.90. The molecule has 2 aromatic carbocycles. The van der Waals surface area contributed by atoms with Crippen molar-refractivity contribution in [2.24, 2.45) is 0 Å². The Kier molecular flexibility index (Phi) is 4.58. The maximum absolute atomic E-state index is 2.36. The molecule has 94 valence electrons. The Morgan fingerprint density at radius 2 is 1.50 bits per heavy atom. The average Bonchev–Trinajstić information content (AvgIpc) is 2.45. The number of benzene rings is 2. The zero-order chi connectivity index (χ0) is 12.8. The van der Waals surface area contributed by atoms with E-state index in [4.69, 9.17) is 0 Å². The van der Waals surface area contributed by atoms with E-state index in [1.807, 2.05) is 0 Å². The van der Waals surface area contributed by atoms with Gasteiger partial charge in [0, 0.05) is 0 Å². The summed E-state index contributed by atoms with van der Waals surface area (Å²) in [6.45, 7) is 4.48. The van der Waals surface area contributed by atoms with Gasteiger partial charge in [-0.2, -0.15) is 0 Å². The van der Waals surface area contributed by atoms with Crippen LogP contribution in [0.15, 0.2) is 48.5 Å². The van der Waals surface area contributed by atoms with Crippen molar-refractivity contribution in [2.45, 2.75) is 39.5 Å². The summed E-state index contributed by atoms with van der Waals surface area (Å²) >= 11 is 0. The molecule has 0 heteroatoms. The Balaban J connectivity index is 2.35. The van der Waals surface area contributed by atoms with E-state index in [1.165, 1.54) is 41.5 Å². The van der Waals surface area contributed by atoms with Crippen molar-refractivity contribution in [3.05, 3.63) is 59.7 Å². The van der Waals surface area contributed by atoms with Gasteiger partial charge in [-0.05, 0) is 41.5 Å². The Hall–Kier alpha value is -1.56. The molecular formula is C18H22. The van der Waals surface area contributed by atoms with Gasteiger partial charge in [0.1, 0.15) is 0 Å². The van der Waals surface area contributed by atoms with Gasteiger partial charge in [0.25, 0.3) is 0 Å². The first-order valence-corrected chi connectivity index (χ1v) is 7.01. The van der Waals surface area contributed by atoms with Crippen LogP contribution in [0.3, 0.4) is 0 Å². The molecule has 0 N–H and O–H groups in total. The van der Waals surface area contributed by atoms with E-state index in [0.717, 1.165) is 6.42 Å². The van der Waals surface area contributed by atoms with Gasteiger partial charge in [-0.3, -0.25) is 0 Å². The topological polar surface area (TPSA) is 0 Å². The van der Waals surface area contributed by atoms with Crippen molar-refractivity contribution >= 4 is 0 Å². The highest BCUT2D eigenvalue weighted by molar-refractivity contribution is 5.65. The summed E-state index contributed by atoms with van der Waals surface area (Å²) in [6.07, 6.45) is 4.85. The Bertz CT molecular complexity index is 483. The third-order valence-electron chi connectivity index (χ3n) is 3.39. The highest BCUT2D eigenvalue weighted by atomic mass is 14.1. The maximum atomic E-state index is 2.36. The predicted molar refractivity (Wildman–Crippen MR) is 79.9 cm³/mol. The van der Waals surface area contributed by atoms with Crippen LogP contribution < -0.4 is 0 Å². The lowest BCUT2D eigenvalue weighted by atomic mass is 9.96. The molecule has 0 aliphatic carbocycles. The van der Waals surface area contributed by atoms with Gasteiger partial charge in [-0.15, -0.1) is 0 Å². The van der Waals surface area contributed by atoms with Crippen molar-refractivity contribution in [1.82, 2.24) is 0 Å². The van der Waals surface area contributed by atoms with Gasteiger partial charge < -0.3 is 0 Å². The molecule has 0 unspecified atom stereocenters. The Labute approximate surface area is 111 Å². The zero-order valence-electron chi connectivity index (χ0n) is 11.4. The molecule has 18 heavy (non-hydrogen) atoms. The molecule has 0 nitrogen and oxygen atoms in total. The summed E-state index contributed by atoms with van der Waals surface area (Å²) in [7, 11) is 0. The first-order valence-electron chi connectivity index (χ1n) is 7.01. The van der Waals surface area contributed by atoms with Gasteiger partial charge in [0.15, 0.2) is 0 Å². The maximum Gasteiger partial charge on any atom is -0.0179 e. The first kappa shape index (κ1) is 12.9. The molecule has 0 spiro atoms. The summed E-state index contributed by atoms with van der Waals surface area (Å²) < 4.78 is 0. The number of hydrogen-bond acceptors (Lipinski definition) is 0. The fourth-order valence-corrected chi connectivity index (χ4v) is 2.29. The third kappa shape index (κ3) is 3.22. The van der Waals surface area contributed by atoms with Crippen LogP contribution in [0.2, 0.25) is 0 Å². The quantitative estimate of drug-likeness (QED) is 0.666. The van der Waals surface area contributed by atoms with Crippen molar-refractivity contribution in [2.75, 3.05) is 0 Å². The van der Waals surface area contributed by atoms with Crippen LogP contribution in [0.5, 0.6) is 0 Å². The Morgan fingerprint density at radius 1 is 0.778 bits per heavy atom. The number of hydrogen-bond donors (Lipinski definition) is 0. The minimum absolute atomic E-state index is 1.11. The van der Waals surface area contributed by atoms with Crippen LogP contribution in [-0.2, 0) is 12.8 Å². The van der Waals surface area contributed by atoms with Crippen LogP contribution >= 0.6 is 0 Å². The molecule has 2 rings (SSSR count). The predicted octanol–water partition coefficient (Wildman–Crippen LogP) is 5.26. The lowest BCUT2D eigenvalue weighted by Gasteiger charge is -2.09. The molecule has 0 saturated carbocycles. The molecule has 0 radical (unpaired) electrons. The SMILES string of the molecule is CCCCc1cc(CC)cc(-c2ccccc2)c1. The van der Waals surface area contributed by atoms with Gasteiger partial charge in [-0.25, -0.2) is 0 Å². The minimum Gasteiger partial charge on any atom is -0.0654 e. The monoisotopic (exact) mass is 238 g/mol. The second-order valence-corrected chi connectivity index (χ2v) is 4.86. The summed E-state index contributed by atoms with van der Waals surface area (Å²) in [5, 5.41) is 0. The van der Waals surface area contributed by atoms with Crippen molar-refractivity contribution in [1.29, 1.82) is 0 Å². The molecule has 0 bridgehead atoms. The summed E-state index contributed by atoms with van der Waals surface area (Å²) in [4.78, 5) is 0. The van der Waals surface area contributed by atoms with Crippen LogP contribution in [0.4, 0.5) is 0 Å². The molecular weight excluding hydrogens is 216 g/mol. The van der Waals surface area contributed by atoms with Crippen LogP contribution in [0.1, 0.15) is 37.8 Å². The summed E-state index contributed by atoms with van der Waals surface area (Å²) in [5.74, 6) is 0. The van der Waals surface area contributed by atoms with Gasteiger partial charge >= 0.3 is 0 Å². The van der Waals surface area contributed by atoms with Gasteiger partial charge in [-0.1, -0.05) is 68.8 Å². The standard InChI is InChI=1S/C18H22/c1-3-5-9-16-12-15(4-2)13-18(14-16)17-10-7-6-8-11-17/h6-8,10-14H,3-5,9H2,1-2H3. The molecule has 0 aliphatic heterocycles. The minimum atomic E-state index is 1.11. The van der Waals surface area contributed by atoms with E-state index >= 15 is 0 Å². The number of rotatable bonds is 5. The van der Waals surface area contributed by atoms with E-state index in [1.54, 1.807) is 0 Å². The van der Waals surface area contributed by atoms with Crippen molar-refractivity contribution in [3.8, 4) is 11.1 Å². The number of aryl methyl sites for hydroxylation is 2. The number of unbranched alkanes of at least 4 members (excludes halogenated alkanes) is 1. The zero-order valence-corrected chi connectivity index (χ0v) is 11.4. The Morgan fingerprint density at radius 3 is 2.17 bits per heavy atom. The van der Waals surface area contributed by atoms with E-state index in [2.05, 4.69) is 62.4 Å². The van der Waals surface area contributed by atoms with Gasteiger partial charge in [0.2, 0.25) is 0 Å². The average molecular weight is 238 g/mol. The molecule has 0 fully saturated rings. The molecule has 2 aromatic rings. The molecule has 0 aliphatic rings. The third-order valence-corrected chi connectivity index (χ3v) is 3.39. The van der Waals surface area contributed by atoms with E-state index in [0.29, 0.717) is 0 Å². The first-order chi connectivity index (χ1) is 8.83. The molecule has 0 atom stereocenters. The normalized spacial score (nSPS) is 10.6. The van der Waals surface area contributed by atoms with Crippen LogP contribution in [0.25, 0.3) is 11.1 Å². The van der Waals surface area contributed by atoms with E-state index in [9.17, 15) is 0 Å². The van der Waals surface area contributed by atoms with Crippen molar-refractivity contribution in [3.63, 3.8) is 0 Å². The fraction of sp³-hybridized carbons (Fsp3) is 0.333. The largest absolute Gasteiger partial charge is 0.0654 e. The lowest BCUT2D eigenvalue weighted by molar-refractivity contribution is 0.794. The smallest absolute Gasteiger partial charge is 0.0179 e. The van der Waals surface area contributed by atoms with E-state index < -0.39 is 0 Å². The second-order valence-electron chi connectivity index (χ2n) is 4.86. The molecule has 0 heterocycles. The highest BCUT2D eigenvalue weighted by Gasteiger charge is 2.02. The van der Waals surface area contributed by atoms with Crippen LogP contribution in [0, 0.1) is 0 Å². The highest BCUT2D eigenvalue weighted by Crippen LogP contribution is 2.23. The molecule has 0 saturated heterocycles. The fourth-order valence-electron chi connectivity index (χ4n) is 2.29. The van der Waals surface area contributed by atoms with Crippen molar-refractivity contribution < 1.29 is 0 Å². The van der Waals surface area contributed by atoms with Gasteiger partial charge in [0.05, 0.1) is 0 Å². The van der Waals surface area contributed by atoms with E-state index in [-0.39, 0.29) is 0 Å². The summed E-state index contributed by atoms with van der Waals surface area (Å²) in [5.41, 5.74) is 5.61. The summed E-state index contributed by atoms with van der Waals surface area (Å²) in [6, 6.07) is 17.7. The van der Waals surface area contributed by atoms with Crippen LogP contribution in [-0.4, -0.2) is 0 Å². The molecule has 0 aromatic heterocycles. The molecule has 0 amide bonds.